The molecule has 0 aliphatic carbocycles. The number of carboxylic acids is 1. The number of nitriles is 1. The summed E-state index contributed by atoms with van der Waals surface area (Å²) < 4.78 is 0. The minimum absolute atomic E-state index is 0.0268. The smallest absolute Gasteiger partial charge is 0.303 e. The lowest BCUT2D eigenvalue weighted by molar-refractivity contribution is -0.137. The molecule has 0 saturated heterocycles. The largest absolute Gasteiger partial charge is 0.481 e. The number of aromatic amines is 1. The van der Waals surface area contributed by atoms with E-state index in [2.05, 4.69) is 9.97 Å². The Balaban J connectivity index is 2.27. The third kappa shape index (κ3) is 3.96. The lowest BCUT2D eigenvalue weighted by Crippen LogP contribution is -2.14. The summed E-state index contributed by atoms with van der Waals surface area (Å²) in [4.78, 5) is 29.3. The number of nitrogens with zero attached hydrogens (tertiary/aromatic N) is 2. The summed E-state index contributed by atoms with van der Waals surface area (Å²) in [6.45, 7) is 0. The maximum absolute atomic E-state index is 12.0. The fourth-order valence-electron chi connectivity index (χ4n) is 1.82. The van der Waals surface area contributed by atoms with Gasteiger partial charge in [0.1, 0.15) is 11.6 Å². The van der Waals surface area contributed by atoms with Crippen LogP contribution in [0.3, 0.4) is 0 Å². The first-order valence-corrected chi connectivity index (χ1v) is 7.55. The summed E-state index contributed by atoms with van der Waals surface area (Å²) >= 11 is 1.27. The second-order valence-corrected chi connectivity index (χ2v) is 5.50. The molecule has 0 radical (unpaired) electrons. The van der Waals surface area contributed by atoms with Crippen molar-refractivity contribution < 1.29 is 9.90 Å². The minimum atomic E-state index is -0.855. The van der Waals surface area contributed by atoms with Gasteiger partial charge in [0.15, 0.2) is 5.16 Å². The van der Waals surface area contributed by atoms with Gasteiger partial charge in [-0.15, -0.1) is 0 Å². The third-order valence-electron chi connectivity index (χ3n) is 2.83. The van der Waals surface area contributed by atoms with E-state index in [0.717, 1.165) is 0 Å². The minimum Gasteiger partial charge on any atom is -0.481 e. The van der Waals surface area contributed by atoms with Crippen molar-refractivity contribution in [2.45, 2.75) is 18.0 Å². The zero-order valence-corrected chi connectivity index (χ0v) is 12.4. The van der Waals surface area contributed by atoms with E-state index in [9.17, 15) is 9.59 Å². The molecular weight excluding hydrogens is 302 g/mol. The number of carboxylic acid groups (broad SMARTS) is 1. The highest BCUT2D eigenvalue weighted by Crippen LogP contribution is 2.22. The van der Waals surface area contributed by atoms with E-state index >= 15 is 0 Å². The van der Waals surface area contributed by atoms with Gasteiger partial charge in [-0.1, -0.05) is 42.1 Å². The first-order chi connectivity index (χ1) is 10.6. The Morgan fingerprint density at radius 2 is 2.09 bits per heavy atom. The summed E-state index contributed by atoms with van der Waals surface area (Å²) in [5, 5.41) is 18.1. The fourth-order valence-corrected chi connectivity index (χ4v) is 2.62. The zero-order valence-electron chi connectivity index (χ0n) is 11.6. The zero-order chi connectivity index (χ0) is 15.9. The van der Waals surface area contributed by atoms with Crippen LogP contribution in [0.2, 0.25) is 0 Å². The van der Waals surface area contributed by atoms with Crippen molar-refractivity contribution in [3.63, 3.8) is 0 Å². The lowest BCUT2D eigenvalue weighted by atomic mass is 10.1. The monoisotopic (exact) mass is 315 g/mol. The highest BCUT2D eigenvalue weighted by atomic mass is 32.2. The molecule has 0 spiro atoms. The van der Waals surface area contributed by atoms with E-state index in [1.807, 2.05) is 12.1 Å². The normalized spacial score (nSPS) is 10.1. The van der Waals surface area contributed by atoms with Gasteiger partial charge >= 0.3 is 5.97 Å². The van der Waals surface area contributed by atoms with Crippen molar-refractivity contribution >= 4 is 17.7 Å². The van der Waals surface area contributed by atoms with Crippen LogP contribution in [-0.2, 0) is 4.79 Å². The van der Waals surface area contributed by atoms with Crippen LogP contribution >= 0.6 is 11.8 Å². The Morgan fingerprint density at radius 3 is 2.73 bits per heavy atom. The average molecular weight is 315 g/mol. The second kappa shape index (κ2) is 7.43. The van der Waals surface area contributed by atoms with Crippen molar-refractivity contribution in [3.8, 4) is 17.3 Å². The van der Waals surface area contributed by atoms with Gasteiger partial charge in [-0.25, -0.2) is 4.98 Å². The molecule has 22 heavy (non-hydrogen) atoms. The molecule has 0 amide bonds. The Morgan fingerprint density at radius 1 is 1.36 bits per heavy atom. The SMILES string of the molecule is N#Cc1c(-c2ccccc2)nc(SCCCC(=O)O)[nH]c1=O. The molecule has 0 bridgehead atoms. The molecule has 0 aliphatic heterocycles. The first kappa shape index (κ1) is 15.8. The molecule has 1 aromatic carbocycles. The first-order valence-electron chi connectivity index (χ1n) is 6.56. The van der Waals surface area contributed by atoms with Crippen molar-refractivity contribution in [1.29, 1.82) is 5.26 Å². The molecule has 7 heteroatoms. The standard InChI is InChI=1S/C15H13N3O3S/c16-9-11-13(10-5-2-1-3-6-10)17-15(18-14(11)21)22-8-4-7-12(19)20/h1-3,5-6H,4,7-8H2,(H,19,20)(H,17,18,21). The molecule has 1 heterocycles. The number of benzene rings is 1. The highest BCUT2D eigenvalue weighted by molar-refractivity contribution is 7.99. The summed E-state index contributed by atoms with van der Waals surface area (Å²) in [7, 11) is 0. The van der Waals surface area contributed by atoms with Gasteiger partial charge in [-0.2, -0.15) is 5.26 Å². The molecule has 1 aromatic heterocycles. The maximum atomic E-state index is 12.0. The predicted octanol–water partition coefficient (Wildman–Crippen LogP) is 2.27. The predicted molar refractivity (Wildman–Crippen MR) is 82.6 cm³/mol. The van der Waals surface area contributed by atoms with Gasteiger partial charge < -0.3 is 10.1 Å². The molecule has 112 valence electrons. The van der Waals surface area contributed by atoms with Gasteiger partial charge in [-0.05, 0) is 6.42 Å². The Hall–Kier alpha value is -2.59. The number of hydrogen-bond acceptors (Lipinski definition) is 5. The topological polar surface area (TPSA) is 107 Å². The molecule has 6 nitrogen and oxygen atoms in total. The molecule has 0 atom stereocenters. The number of rotatable bonds is 6. The summed E-state index contributed by atoms with van der Waals surface area (Å²) in [5.41, 5.74) is 0.517. The Bertz CT molecular complexity index is 766. The molecule has 0 saturated carbocycles. The second-order valence-electron chi connectivity index (χ2n) is 4.42. The molecule has 0 unspecified atom stereocenters. The Kier molecular flexibility index (Phi) is 5.33. The van der Waals surface area contributed by atoms with E-state index in [4.69, 9.17) is 10.4 Å². The van der Waals surface area contributed by atoms with Crippen molar-refractivity contribution in [2.75, 3.05) is 5.75 Å². The number of H-pyrrole nitrogens is 1. The molecule has 2 rings (SSSR count). The van der Waals surface area contributed by atoms with Crippen LogP contribution < -0.4 is 5.56 Å². The Labute approximate surface area is 130 Å². The van der Waals surface area contributed by atoms with E-state index in [1.165, 1.54) is 11.8 Å². The molecule has 2 aromatic rings. The van der Waals surface area contributed by atoms with Crippen molar-refractivity contribution in [1.82, 2.24) is 9.97 Å². The molecule has 2 N–H and O–H groups in total. The van der Waals surface area contributed by atoms with Gasteiger partial charge in [0.25, 0.3) is 5.56 Å². The van der Waals surface area contributed by atoms with Crippen LogP contribution in [-0.4, -0.2) is 26.8 Å². The van der Waals surface area contributed by atoms with Crippen molar-refractivity contribution in [3.05, 3.63) is 46.2 Å². The van der Waals surface area contributed by atoms with Gasteiger partial charge in [0, 0.05) is 17.7 Å². The number of thioether (sulfide) groups is 1. The number of carbonyl (C=O) groups is 1. The number of aromatic nitrogens is 2. The van der Waals surface area contributed by atoms with E-state index < -0.39 is 11.5 Å². The maximum Gasteiger partial charge on any atom is 0.303 e. The van der Waals surface area contributed by atoms with Crippen LogP contribution in [0.25, 0.3) is 11.3 Å². The van der Waals surface area contributed by atoms with Gasteiger partial charge in [-0.3, -0.25) is 9.59 Å². The van der Waals surface area contributed by atoms with E-state index in [0.29, 0.717) is 28.6 Å². The van der Waals surface area contributed by atoms with Gasteiger partial charge in [0.2, 0.25) is 0 Å². The number of aliphatic carboxylic acids is 1. The number of hydrogen-bond donors (Lipinski definition) is 2. The third-order valence-corrected chi connectivity index (χ3v) is 3.79. The lowest BCUT2D eigenvalue weighted by Gasteiger charge is -2.06. The quantitative estimate of drug-likeness (QED) is 0.481. The summed E-state index contributed by atoms with van der Waals surface area (Å²) in [5.74, 6) is -0.332. The average Bonchev–Trinajstić information content (AvgIpc) is 2.51. The molecular formula is C15H13N3O3S. The van der Waals surface area contributed by atoms with Crippen LogP contribution in [0.4, 0.5) is 0 Å². The number of nitrogens with one attached hydrogen (secondary N) is 1. The van der Waals surface area contributed by atoms with E-state index in [-0.39, 0.29) is 12.0 Å². The van der Waals surface area contributed by atoms with Crippen molar-refractivity contribution in [2.24, 2.45) is 0 Å². The molecule has 0 aliphatic rings. The summed E-state index contributed by atoms with van der Waals surface area (Å²) in [6, 6.07) is 10.9. The summed E-state index contributed by atoms with van der Waals surface area (Å²) in [6.07, 6.45) is 0.545. The molecule has 0 fully saturated rings. The van der Waals surface area contributed by atoms with Crippen LogP contribution in [0.1, 0.15) is 18.4 Å². The van der Waals surface area contributed by atoms with Crippen LogP contribution in [0.5, 0.6) is 0 Å². The highest BCUT2D eigenvalue weighted by Gasteiger charge is 2.13. The van der Waals surface area contributed by atoms with Crippen LogP contribution in [0, 0.1) is 11.3 Å². The van der Waals surface area contributed by atoms with E-state index in [1.54, 1.807) is 24.3 Å². The van der Waals surface area contributed by atoms with Gasteiger partial charge in [0.05, 0.1) is 5.69 Å². The fraction of sp³-hybridized carbons (Fsp3) is 0.200. The van der Waals surface area contributed by atoms with Crippen LogP contribution in [0.15, 0.2) is 40.3 Å².